The number of hydrogen-bond acceptors (Lipinski definition) is 3. The maximum Gasteiger partial charge on any atom is 0.229 e. The molecule has 1 unspecified atom stereocenters. The lowest BCUT2D eigenvalue weighted by molar-refractivity contribution is -0.138. The number of carbonyl (C=O) groups excluding carboxylic acids is 2. The van der Waals surface area contributed by atoms with Crippen LogP contribution in [0.2, 0.25) is 0 Å². The zero-order valence-corrected chi connectivity index (χ0v) is 11.6. The summed E-state index contributed by atoms with van der Waals surface area (Å²) >= 11 is 0. The number of carbonyl (C=O) groups is 2. The molecule has 0 aromatic carbocycles. The van der Waals surface area contributed by atoms with Gasteiger partial charge in [-0.2, -0.15) is 0 Å². The molecule has 0 aromatic rings. The Morgan fingerprint density at radius 3 is 1.89 bits per heavy atom. The molecule has 18 heavy (non-hydrogen) atoms. The Balaban J connectivity index is 1.97. The number of nitrogens with zero attached hydrogens (tertiary/aromatic N) is 1. The third-order valence-corrected chi connectivity index (χ3v) is 4.79. The van der Waals surface area contributed by atoms with Crippen molar-refractivity contribution in [3.05, 3.63) is 0 Å². The summed E-state index contributed by atoms with van der Waals surface area (Å²) in [6.45, 7) is 6.94. The monoisotopic (exact) mass is 253 g/mol. The SMILES string of the molecule is CCC1(CC)OC1(CC)CCN1C(=O)CCC1=O. The zero-order chi connectivity index (χ0) is 13.4. The highest BCUT2D eigenvalue weighted by molar-refractivity contribution is 6.01. The van der Waals surface area contributed by atoms with Crippen LogP contribution in [0.5, 0.6) is 0 Å². The van der Waals surface area contributed by atoms with Crippen molar-refractivity contribution in [3.63, 3.8) is 0 Å². The van der Waals surface area contributed by atoms with E-state index in [9.17, 15) is 9.59 Å². The minimum Gasteiger partial charge on any atom is -0.362 e. The Kier molecular flexibility index (Phi) is 3.49. The normalized spacial score (nSPS) is 30.1. The molecule has 102 valence electrons. The first-order valence-corrected chi connectivity index (χ1v) is 7.07. The molecule has 0 radical (unpaired) electrons. The molecule has 4 heteroatoms. The summed E-state index contributed by atoms with van der Waals surface area (Å²) in [7, 11) is 0. The summed E-state index contributed by atoms with van der Waals surface area (Å²) in [5.41, 5.74) is -0.132. The van der Waals surface area contributed by atoms with Gasteiger partial charge in [-0.3, -0.25) is 14.5 Å². The molecule has 2 aliphatic heterocycles. The summed E-state index contributed by atoms with van der Waals surface area (Å²) in [5.74, 6) is -0.0454. The standard InChI is InChI=1S/C14H23NO3/c1-4-13(5-2)14(6-3,18-13)9-10-15-11(16)7-8-12(15)17/h4-10H2,1-3H3. The fourth-order valence-electron chi connectivity index (χ4n) is 3.40. The number of likely N-dealkylation sites (tertiary alicyclic amines) is 1. The second-order valence-corrected chi connectivity index (χ2v) is 5.34. The van der Waals surface area contributed by atoms with E-state index in [0.29, 0.717) is 19.4 Å². The first-order valence-electron chi connectivity index (χ1n) is 7.07. The van der Waals surface area contributed by atoms with Crippen molar-refractivity contribution >= 4 is 11.8 Å². The molecule has 0 aromatic heterocycles. The van der Waals surface area contributed by atoms with Gasteiger partial charge in [0.25, 0.3) is 0 Å². The van der Waals surface area contributed by atoms with Crippen molar-refractivity contribution in [2.24, 2.45) is 0 Å². The third kappa shape index (κ3) is 1.87. The number of epoxide rings is 1. The Morgan fingerprint density at radius 1 is 1.00 bits per heavy atom. The van der Waals surface area contributed by atoms with Gasteiger partial charge in [0.05, 0.1) is 11.2 Å². The number of imide groups is 1. The molecule has 2 amide bonds. The molecule has 0 spiro atoms. The Labute approximate surface area is 109 Å². The van der Waals surface area contributed by atoms with Gasteiger partial charge in [-0.1, -0.05) is 20.8 Å². The van der Waals surface area contributed by atoms with Crippen LogP contribution in [0.15, 0.2) is 0 Å². The van der Waals surface area contributed by atoms with Crippen LogP contribution in [-0.4, -0.2) is 34.5 Å². The maximum absolute atomic E-state index is 11.6. The summed E-state index contributed by atoms with van der Waals surface area (Å²) in [6.07, 6.45) is 4.49. The smallest absolute Gasteiger partial charge is 0.229 e. The quantitative estimate of drug-likeness (QED) is 0.539. The molecule has 0 aliphatic carbocycles. The van der Waals surface area contributed by atoms with Crippen LogP contribution in [-0.2, 0) is 14.3 Å². The van der Waals surface area contributed by atoms with Gasteiger partial charge in [0, 0.05) is 19.4 Å². The van der Waals surface area contributed by atoms with Crippen LogP contribution < -0.4 is 0 Å². The van der Waals surface area contributed by atoms with E-state index in [2.05, 4.69) is 20.8 Å². The van der Waals surface area contributed by atoms with Crippen molar-refractivity contribution in [2.45, 2.75) is 70.5 Å². The highest BCUT2D eigenvalue weighted by Gasteiger charge is 2.65. The van der Waals surface area contributed by atoms with Crippen LogP contribution in [0.3, 0.4) is 0 Å². The highest BCUT2D eigenvalue weighted by Crippen LogP contribution is 2.57. The van der Waals surface area contributed by atoms with Crippen LogP contribution in [0.4, 0.5) is 0 Å². The summed E-state index contributed by atoms with van der Waals surface area (Å²) in [6, 6.07) is 0. The van der Waals surface area contributed by atoms with Crippen LogP contribution in [0, 0.1) is 0 Å². The van der Waals surface area contributed by atoms with Crippen LogP contribution in [0.1, 0.15) is 59.3 Å². The molecule has 2 aliphatic rings. The van der Waals surface area contributed by atoms with Crippen LogP contribution in [0.25, 0.3) is 0 Å². The van der Waals surface area contributed by atoms with Gasteiger partial charge in [-0.25, -0.2) is 0 Å². The molecule has 2 rings (SSSR count). The largest absolute Gasteiger partial charge is 0.362 e. The van der Waals surface area contributed by atoms with E-state index in [-0.39, 0.29) is 23.0 Å². The molecule has 2 heterocycles. The van der Waals surface area contributed by atoms with E-state index in [4.69, 9.17) is 4.74 Å². The van der Waals surface area contributed by atoms with Crippen LogP contribution >= 0.6 is 0 Å². The first kappa shape index (κ1) is 13.5. The van der Waals surface area contributed by atoms with Gasteiger partial charge in [-0.05, 0) is 25.7 Å². The number of amides is 2. The summed E-state index contributed by atoms with van der Waals surface area (Å²) < 4.78 is 6.02. The average molecular weight is 253 g/mol. The number of ether oxygens (including phenoxy) is 1. The van der Waals surface area contributed by atoms with Gasteiger partial charge in [0.15, 0.2) is 0 Å². The molecular formula is C14H23NO3. The van der Waals surface area contributed by atoms with Crippen molar-refractivity contribution in [3.8, 4) is 0 Å². The second-order valence-electron chi connectivity index (χ2n) is 5.34. The molecular weight excluding hydrogens is 230 g/mol. The van der Waals surface area contributed by atoms with E-state index in [1.165, 1.54) is 4.90 Å². The predicted octanol–water partition coefficient (Wildman–Crippen LogP) is 2.26. The molecule has 4 nitrogen and oxygen atoms in total. The zero-order valence-electron chi connectivity index (χ0n) is 11.6. The van der Waals surface area contributed by atoms with Gasteiger partial charge in [-0.15, -0.1) is 0 Å². The van der Waals surface area contributed by atoms with Gasteiger partial charge in [0.2, 0.25) is 11.8 Å². The van der Waals surface area contributed by atoms with Gasteiger partial charge >= 0.3 is 0 Å². The molecule has 2 saturated heterocycles. The van der Waals surface area contributed by atoms with Crippen molar-refractivity contribution in [1.82, 2.24) is 4.90 Å². The maximum atomic E-state index is 11.6. The molecule has 0 bridgehead atoms. The first-order chi connectivity index (χ1) is 8.54. The fraction of sp³-hybridized carbons (Fsp3) is 0.857. The van der Waals surface area contributed by atoms with Crippen molar-refractivity contribution in [2.75, 3.05) is 6.54 Å². The molecule has 0 saturated carbocycles. The Morgan fingerprint density at radius 2 is 1.50 bits per heavy atom. The topological polar surface area (TPSA) is 49.9 Å². The lowest BCUT2D eigenvalue weighted by Gasteiger charge is -2.20. The lowest BCUT2D eigenvalue weighted by Crippen LogP contribution is -2.35. The number of hydrogen-bond donors (Lipinski definition) is 0. The van der Waals surface area contributed by atoms with Crippen molar-refractivity contribution in [1.29, 1.82) is 0 Å². The van der Waals surface area contributed by atoms with Crippen molar-refractivity contribution < 1.29 is 14.3 Å². The minimum absolute atomic E-state index is 0.0203. The molecule has 1 atom stereocenters. The third-order valence-electron chi connectivity index (χ3n) is 4.79. The minimum atomic E-state index is -0.111. The predicted molar refractivity (Wildman–Crippen MR) is 68.0 cm³/mol. The summed E-state index contributed by atoms with van der Waals surface area (Å²) in [5, 5.41) is 0. The molecule has 2 fully saturated rings. The van der Waals surface area contributed by atoms with E-state index in [0.717, 1.165) is 25.7 Å². The van der Waals surface area contributed by atoms with Gasteiger partial charge in [0.1, 0.15) is 0 Å². The van der Waals surface area contributed by atoms with E-state index >= 15 is 0 Å². The van der Waals surface area contributed by atoms with Gasteiger partial charge < -0.3 is 4.74 Å². The molecule has 0 N–H and O–H groups in total. The number of rotatable bonds is 6. The Hall–Kier alpha value is -0.900. The van der Waals surface area contributed by atoms with E-state index in [1.54, 1.807) is 0 Å². The Bertz CT molecular complexity index is 346. The fourth-order valence-corrected chi connectivity index (χ4v) is 3.40. The highest BCUT2D eigenvalue weighted by atomic mass is 16.6. The van der Waals surface area contributed by atoms with E-state index in [1.807, 2.05) is 0 Å². The lowest BCUT2D eigenvalue weighted by atomic mass is 9.83. The average Bonchev–Trinajstić information content (AvgIpc) is 2.94. The summed E-state index contributed by atoms with van der Waals surface area (Å²) in [4.78, 5) is 24.6. The van der Waals surface area contributed by atoms with E-state index < -0.39 is 0 Å². The second kappa shape index (κ2) is 4.65.